The number of piperazine rings is 1. The number of hydrogen-bond donors (Lipinski definition) is 0. The van der Waals surface area contributed by atoms with Crippen molar-refractivity contribution in [2.24, 2.45) is 0 Å². The molecular formula is C24H23N5O2. The van der Waals surface area contributed by atoms with Gasteiger partial charge in [0.1, 0.15) is 11.6 Å². The molecule has 1 fully saturated rings. The highest BCUT2D eigenvalue weighted by molar-refractivity contribution is 5.71. The van der Waals surface area contributed by atoms with Crippen LogP contribution in [0.1, 0.15) is 0 Å². The molecule has 1 saturated heterocycles. The Morgan fingerprint density at radius 1 is 0.839 bits per heavy atom. The smallest absolute Gasteiger partial charge is 0.261 e. The molecule has 2 aromatic carbocycles. The molecule has 4 aromatic rings. The number of nitrogens with zero attached hydrogens (tertiary/aromatic N) is 5. The lowest BCUT2D eigenvalue weighted by molar-refractivity contribution is 0.415. The van der Waals surface area contributed by atoms with Gasteiger partial charge in [-0.1, -0.05) is 35.5 Å². The van der Waals surface area contributed by atoms with E-state index in [9.17, 15) is 0 Å². The van der Waals surface area contributed by atoms with Crippen molar-refractivity contribution in [3.8, 4) is 28.6 Å². The van der Waals surface area contributed by atoms with Gasteiger partial charge in [-0.25, -0.2) is 4.98 Å². The number of pyridine rings is 1. The molecule has 7 nitrogen and oxygen atoms in total. The van der Waals surface area contributed by atoms with Gasteiger partial charge in [0, 0.05) is 43.6 Å². The van der Waals surface area contributed by atoms with Crippen molar-refractivity contribution >= 4 is 11.5 Å². The normalized spacial score (nSPS) is 14.0. The Morgan fingerprint density at radius 3 is 2.32 bits per heavy atom. The quantitative estimate of drug-likeness (QED) is 0.487. The zero-order valence-corrected chi connectivity index (χ0v) is 17.3. The Kier molecular flexibility index (Phi) is 5.22. The lowest BCUT2D eigenvalue weighted by Gasteiger charge is -2.37. The van der Waals surface area contributed by atoms with Gasteiger partial charge >= 0.3 is 0 Å². The summed E-state index contributed by atoms with van der Waals surface area (Å²) in [4.78, 5) is 13.9. The van der Waals surface area contributed by atoms with Gasteiger partial charge in [0.2, 0.25) is 5.82 Å². The molecule has 0 amide bonds. The van der Waals surface area contributed by atoms with Crippen LogP contribution in [0.3, 0.4) is 0 Å². The van der Waals surface area contributed by atoms with Crippen LogP contribution in [0.15, 0.2) is 77.4 Å². The van der Waals surface area contributed by atoms with E-state index in [0.717, 1.165) is 48.9 Å². The minimum atomic E-state index is 0.486. The molecule has 2 aromatic heterocycles. The molecule has 5 rings (SSSR count). The third-order valence-electron chi connectivity index (χ3n) is 5.49. The number of hydrogen-bond acceptors (Lipinski definition) is 7. The molecule has 7 heteroatoms. The molecule has 0 saturated carbocycles. The molecule has 0 aliphatic carbocycles. The zero-order chi connectivity index (χ0) is 21.0. The maximum Gasteiger partial charge on any atom is 0.261 e. The van der Waals surface area contributed by atoms with Crippen molar-refractivity contribution in [2.75, 3.05) is 43.1 Å². The summed E-state index contributed by atoms with van der Waals surface area (Å²) in [5.74, 6) is 2.81. The summed E-state index contributed by atoms with van der Waals surface area (Å²) in [6.07, 6.45) is 1.81. The average Bonchev–Trinajstić information content (AvgIpc) is 3.35. The monoisotopic (exact) mass is 413 g/mol. The molecule has 0 unspecified atom stereocenters. The predicted octanol–water partition coefficient (Wildman–Crippen LogP) is 4.13. The van der Waals surface area contributed by atoms with E-state index in [1.54, 1.807) is 7.11 Å². The predicted molar refractivity (Wildman–Crippen MR) is 120 cm³/mol. The maximum atomic E-state index is 5.60. The van der Waals surface area contributed by atoms with Gasteiger partial charge in [-0.05, 0) is 36.4 Å². The fourth-order valence-corrected chi connectivity index (χ4v) is 3.82. The van der Waals surface area contributed by atoms with Crippen molar-refractivity contribution < 1.29 is 9.26 Å². The first-order valence-corrected chi connectivity index (χ1v) is 10.3. The highest BCUT2D eigenvalue weighted by atomic mass is 16.5. The summed E-state index contributed by atoms with van der Waals surface area (Å²) in [6, 6.07) is 21.9. The topological polar surface area (TPSA) is 67.5 Å². The second-order valence-corrected chi connectivity index (χ2v) is 7.34. The number of methoxy groups -OCH3 is 1. The minimum Gasteiger partial charge on any atom is -0.497 e. The summed E-state index contributed by atoms with van der Waals surface area (Å²) in [7, 11) is 1.68. The lowest BCUT2D eigenvalue weighted by Crippen LogP contribution is -2.47. The van der Waals surface area contributed by atoms with Gasteiger partial charge < -0.3 is 19.1 Å². The van der Waals surface area contributed by atoms with Gasteiger partial charge in [-0.2, -0.15) is 4.98 Å². The van der Waals surface area contributed by atoms with Gasteiger partial charge in [0.05, 0.1) is 12.7 Å². The van der Waals surface area contributed by atoms with Crippen molar-refractivity contribution in [1.29, 1.82) is 0 Å². The second kappa shape index (κ2) is 8.47. The van der Waals surface area contributed by atoms with Crippen LogP contribution in [0.2, 0.25) is 0 Å². The summed E-state index contributed by atoms with van der Waals surface area (Å²) in [6.45, 7) is 3.52. The fourth-order valence-electron chi connectivity index (χ4n) is 3.82. The Morgan fingerprint density at radius 2 is 1.58 bits per heavy atom. The largest absolute Gasteiger partial charge is 0.497 e. The molecule has 3 heterocycles. The van der Waals surface area contributed by atoms with E-state index in [-0.39, 0.29) is 0 Å². The van der Waals surface area contributed by atoms with Crippen molar-refractivity contribution in [3.05, 3.63) is 72.9 Å². The number of benzene rings is 2. The van der Waals surface area contributed by atoms with Gasteiger partial charge in [-0.3, -0.25) is 0 Å². The number of aromatic nitrogens is 3. The van der Waals surface area contributed by atoms with Crippen LogP contribution in [-0.2, 0) is 0 Å². The van der Waals surface area contributed by atoms with Gasteiger partial charge in [0.25, 0.3) is 5.89 Å². The van der Waals surface area contributed by atoms with Crippen LogP contribution in [0.5, 0.6) is 5.75 Å². The van der Waals surface area contributed by atoms with E-state index >= 15 is 0 Å². The first-order valence-electron chi connectivity index (χ1n) is 10.3. The number of ether oxygens (including phenoxy) is 1. The first-order chi connectivity index (χ1) is 15.3. The minimum absolute atomic E-state index is 0.486. The summed E-state index contributed by atoms with van der Waals surface area (Å²) < 4.78 is 10.9. The van der Waals surface area contributed by atoms with E-state index in [4.69, 9.17) is 9.26 Å². The van der Waals surface area contributed by atoms with E-state index < -0.39 is 0 Å². The molecule has 0 N–H and O–H groups in total. The lowest BCUT2D eigenvalue weighted by atomic mass is 10.2. The number of rotatable bonds is 5. The van der Waals surface area contributed by atoms with Crippen LogP contribution in [0.4, 0.5) is 11.5 Å². The molecule has 0 atom stereocenters. The van der Waals surface area contributed by atoms with Crippen LogP contribution in [0, 0.1) is 0 Å². The van der Waals surface area contributed by atoms with E-state index in [1.807, 2.05) is 60.8 Å². The molecule has 1 aliphatic rings. The summed E-state index contributed by atoms with van der Waals surface area (Å²) in [5, 5.41) is 4.16. The van der Waals surface area contributed by atoms with Crippen molar-refractivity contribution in [3.63, 3.8) is 0 Å². The van der Waals surface area contributed by atoms with Crippen LogP contribution in [0.25, 0.3) is 22.8 Å². The Bertz CT molecular complexity index is 1140. The summed E-state index contributed by atoms with van der Waals surface area (Å²) in [5.41, 5.74) is 2.98. The average molecular weight is 413 g/mol. The highest BCUT2D eigenvalue weighted by Crippen LogP contribution is 2.30. The Hall–Kier alpha value is -3.87. The van der Waals surface area contributed by atoms with Crippen LogP contribution < -0.4 is 14.5 Å². The van der Waals surface area contributed by atoms with Gasteiger partial charge in [0.15, 0.2) is 0 Å². The first kappa shape index (κ1) is 19.1. The van der Waals surface area contributed by atoms with E-state index in [1.165, 1.54) is 5.69 Å². The Balaban J connectivity index is 1.34. The third-order valence-corrected chi connectivity index (χ3v) is 5.49. The molecule has 0 spiro atoms. The third kappa shape index (κ3) is 3.94. The molecule has 0 radical (unpaired) electrons. The molecule has 31 heavy (non-hydrogen) atoms. The van der Waals surface area contributed by atoms with E-state index in [0.29, 0.717) is 11.7 Å². The molecule has 1 aliphatic heterocycles. The zero-order valence-electron chi connectivity index (χ0n) is 17.3. The maximum absolute atomic E-state index is 5.60. The van der Waals surface area contributed by atoms with Gasteiger partial charge in [-0.15, -0.1) is 0 Å². The standard InChI is InChI=1S/C24H23N5O2/c1-30-20-11-9-19(10-12-20)28-14-16-29(17-15-28)23-21(8-5-13-25-23)24-26-22(27-31-24)18-6-3-2-4-7-18/h2-13H,14-17H2,1H3. The number of anilines is 2. The SMILES string of the molecule is COc1ccc(N2CCN(c3ncccc3-c3nc(-c4ccccc4)no3)CC2)cc1. The van der Waals surface area contributed by atoms with Crippen molar-refractivity contribution in [2.45, 2.75) is 0 Å². The highest BCUT2D eigenvalue weighted by Gasteiger charge is 2.23. The molecule has 156 valence electrons. The van der Waals surface area contributed by atoms with Crippen LogP contribution in [-0.4, -0.2) is 48.4 Å². The summed E-state index contributed by atoms with van der Waals surface area (Å²) >= 11 is 0. The fraction of sp³-hybridized carbons (Fsp3) is 0.208. The van der Waals surface area contributed by atoms with Crippen molar-refractivity contribution in [1.82, 2.24) is 15.1 Å². The van der Waals surface area contributed by atoms with Crippen LogP contribution >= 0.6 is 0 Å². The second-order valence-electron chi connectivity index (χ2n) is 7.34. The molecular weight excluding hydrogens is 390 g/mol. The van der Waals surface area contributed by atoms with E-state index in [2.05, 4.69) is 37.1 Å². The molecule has 0 bridgehead atoms. The Labute approximate surface area is 180 Å².